The van der Waals surface area contributed by atoms with Gasteiger partial charge in [0.05, 0.1) is 20.2 Å². The van der Waals surface area contributed by atoms with Crippen molar-refractivity contribution in [2.24, 2.45) is 4.99 Å². The maximum atomic E-state index is 12.0. The average molecular weight is 504 g/mol. The maximum Gasteiger partial charge on any atom is 0.239 e. The van der Waals surface area contributed by atoms with Crippen LogP contribution in [0.1, 0.15) is 45.7 Å². The first kappa shape index (κ1) is 24.3. The Labute approximate surface area is 185 Å². The van der Waals surface area contributed by atoms with Crippen molar-refractivity contribution in [3.8, 4) is 11.5 Å². The first-order valence-corrected chi connectivity index (χ1v) is 9.41. The van der Waals surface area contributed by atoms with E-state index < -0.39 is 0 Å². The SMILES string of the molecule is CCNC(=NCc1cc2c(cc1OC)CC(C)O2)NCC(=O)NC(C)(C)C.I. The number of benzene rings is 1. The number of carbonyl (C=O) groups excluding carboxylic acids is 1. The number of nitrogens with one attached hydrogen (secondary N) is 3. The van der Waals surface area contributed by atoms with Gasteiger partial charge in [-0.2, -0.15) is 0 Å². The molecule has 0 spiro atoms. The van der Waals surface area contributed by atoms with E-state index >= 15 is 0 Å². The van der Waals surface area contributed by atoms with E-state index in [0.717, 1.165) is 29.0 Å². The highest BCUT2D eigenvalue weighted by molar-refractivity contribution is 14.0. The van der Waals surface area contributed by atoms with Crippen molar-refractivity contribution in [2.45, 2.75) is 59.2 Å². The summed E-state index contributed by atoms with van der Waals surface area (Å²) in [7, 11) is 1.66. The second-order valence-corrected chi connectivity index (χ2v) is 7.75. The van der Waals surface area contributed by atoms with Gasteiger partial charge in [-0.15, -0.1) is 24.0 Å². The topological polar surface area (TPSA) is 84.0 Å². The fourth-order valence-corrected chi connectivity index (χ4v) is 2.93. The summed E-state index contributed by atoms with van der Waals surface area (Å²) >= 11 is 0. The molecule has 1 aliphatic heterocycles. The Hall–Kier alpha value is -1.71. The second-order valence-electron chi connectivity index (χ2n) is 7.75. The Bertz CT molecular complexity index is 701. The van der Waals surface area contributed by atoms with Crippen molar-refractivity contribution in [3.05, 3.63) is 23.3 Å². The van der Waals surface area contributed by atoms with Crippen molar-refractivity contribution in [2.75, 3.05) is 20.2 Å². The molecule has 1 atom stereocenters. The molecule has 0 radical (unpaired) electrons. The lowest BCUT2D eigenvalue weighted by Crippen LogP contribution is -2.48. The standard InChI is InChI=1S/C20H32N4O3.HI/c1-7-21-19(23-12-18(25)24-20(3,4)5)22-11-15-10-17-14(8-13(2)27-17)9-16(15)26-6;/h9-10,13H,7-8,11-12H2,1-6H3,(H,24,25)(H2,21,22,23);1H. The zero-order valence-corrected chi connectivity index (χ0v) is 20.0. The molecule has 1 aromatic rings. The van der Waals surface area contributed by atoms with Crippen LogP contribution in [0.2, 0.25) is 0 Å². The Morgan fingerprint density at radius 1 is 1.32 bits per heavy atom. The first-order chi connectivity index (χ1) is 12.7. The minimum absolute atomic E-state index is 0. The van der Waals surface area contributed by atoms with Crippen LogP contribution in [-0.2, 0) is 17.8 Å². The van der Waals surface area contributed by atoms with Crippen molar-refractivity contribution in [1.29, 1.82) is 0 Å². The monoisotopic (exact) mass is 504 g/mol. The molecule has 0 saturated carbocycles. The van der Waals surface area contributed by atoms with E-state index in [0.29, 0.717) is 19.0 Å². The number of carbonyl (C=O) groups is 1. The van der Waals surface area contributed by atoms with Crippen LogP contribution < -0.4 is 25.4 Å². The molecule has 7 nitrogen and oxygen atoms in total. The van der Waals surface area contributed by atoms with Crippen LogP contribution in [0.3, 0.4) is 0 Å². The highest BCUT2D eigenvalue weighted by Gasteiger charge is 2.21. The van der Waals surface area contributed by atoms with E-state index in [1.165, 1.54) is 0 Å². The molecule has 158 valence electrons. The van der Waals surface area contributed by atoms with Crippen LogP contribution in [0.5, 0.6) is 11.5 Å². The second kappa shape index (κ2) is 10.7. The number of aliphatic imine (C=N–C) groups is 1. The summed E-state index contributed by atoms with van der Waals surface area (Å²) in [4.78, 5) is 16.6. The molecule has 0 bridgehead atoms. The summed E-state index contributed by atoms with van der Waals surface area (Å²) in [6.07, 6.45) is 1.08. The van der Waals surface area contributed by atoms with Gasteiger partial charge in [0.15, 0.2) is 5.96 Å². The number of ether oxygens (including phenoxy) is 2. The Morgan fingerprint density at radius 2 is 2.04 bits per heavy atom. The molecule has 1 amide bonds. The third-order valence-corrected chi connectivity index (χ3v) is 3.98. The van der Waals surface area contributed by atoms with Crippen molar-refractivity contribution >= 4 is 35.8 Å². The number of rotatable bonds is 6. The zero-order chi connectivity index (χ0) is 20.0. The number of nitrogens with zero attached hydrogens (tertiary/aromatic N) is 1. The van der Waals surface area contributed by atoms with Crippen LogP contribution >= 0.6 is 24.0 Å². The van der Waals surface area contributed by atoms with Gasteiger partial charge in [0.1, 0.15) is 17.6 Å². The summed E-state index contributed by atoms with van der Waals surface area (Å²) < 4.78 is 11.4. The van der Waals surface area contributed by atoms with Crippen LogP contribution in [0, 0.1) is 0 Å². The molecule has 3 N–H and O–H groups in total. The number of amides is 1. The normalized spacial score (nSPS) is 15.8. The summed E-state index contributed by atoms with van der Waals surface area (Å²) in [6, 6.07) is 4.03. The van der Waals surface area contributed by atoms with Gasteiger partial charge in [-0.05, 0) is 46.8 Å². The molecule has 1 aromatic carbocycles. The highest BCUT2D eigenvalue weighted by Crippen LogP contribution is 2.35. The maximum absolute atomic E-state index is 12.0. The average Bonchev–Trinajstić information content (AvgIpc) is 2.93. The van der Waals surface area contributed by atoms with Gasteiger partial charge in [0.2, 0.25) is 5.91 Å². The van der Waals surface area contributed by atoms with Crippen LogP contribution in [0.4, 0.5) is 0 Å². The molecule has 0 saturated heterocycles. The van der Waals surface area contributed by atoms with Gasteiger partial charge < -0.3 is 25.4 Å². The van der Waals surface area contributed by atoms with E-state index in [9.17, 15) is 4.79 Å². The Kier molecular flexibility index (Phi) is 9.32. The third-order valence-electron chi connectivity index (χ3n) is 3.98. The molecule has 28 heavy (non-hydrogen) atoms. The summed E-state index contributed by atoms with van der Waals surface area (Å²) in [5.74, 6) is 2.21. The van der Waals surface area contributed by atoms with Crippen LogP contribution in [0.25, 0.3) is 0 Å². The Morgan fingerprint density at radius 3 is 2.64 bits per heavy atom. The quantitative estimate of drug-likeness (QED) is 0.315. The largest absolute Gasteiger partial charge is 0.496 e. The lowest BCUT2D eigenvalue weighted by Gasteiger charge is -2.21. The fourth-order valence-electron chi connectivity index (χ4n) is 2.93. The zero-order valence-electron chi connectivity index (χ0n) is 17.6. The van der Waals surface area contributed by atoms with Crippen molar-refractivity contribution in [1.82, 2.24) is 16.0 Å². The minimum atomic E-state index is -0.261. The fraction of sp³-hybridized carbons (Fsp3) is 0.600. The molecule has 2 rings (SSSR count). The molecule has 8 heteroatoms. The van der Waals surface area contributed by atoms with Gasteiger partial charge >= 0.3 is 0 Å². The summed E-state index contributed by atoms with van der Waals surface area (Å²) in [6.45, 7) is 11.2. The molecular formula is C20H33IN4O3. The van der Waals surface area contributed by atoms with E-state index in [1.54, 1.807) is 7.11 Å². The molecule has 0 aromatic heterocycles. The highest BCUT2D eigenvalue weighted by atomic mass is 127. The number of fused-ring (bicyclic) bond motifs is 1. The smallest absolute Gasteiger partial charge is 0.239 e. The number of hydrogen-bond acceptors (Lipinski definition) is 4. The minimum Gasteiger partial charge on any atom is -0.496 e. The van der Waals surface area contributed by atoms with Crippen LogP contribution in [-0.4, -0.2) is 43.7 Å². The van der Waals surface area contributed by atoms with Gasteiger partial charge in [-0.25, -0.2) is 4.99 Å². The number of guanidine groups is 1. The molecule has 1 unspecified atom stereocenters. The summed E-state index contributed by atoms with van der Waals surface area (Å²) in [5, 5.41) is 9.14. The number of methoxy groups -OCH3 is 1. The first-order valence-electron chi connectivity index (χ1n) is 9.41. The third kappa shape index (κ3) is 7.37. The predicted octanol–water partition coefficient (Wildman–Crippen LogP) is 2.61. The predicted molar refractivity (Wildman–Crippen MR) is 123 cm³/mol. The van der Waals surface area contributed by atoms with Gasteiger partial charge in [0, 0.05) is 29.6 Å². The van der Waals surface area contributed by atoms with Crippen molar-refractivity contribution < 1.29 is 14.3 Å². The lowest BCUT2D eigenvalue weighted by atomic mass is 10.1. The van der Waals surface area contributed by atoms with E-state index in [2.05, 4.69) is 27.9 Å². The molecule has 1 heterocycles. The van der Waals surface area contributed by atoms with E-state index in [-0.39, 0.29) is 48.1 Å². The summed E-state index contributed by atoms with van der Waals surface area (Å²) in [5.41, 5.74) is 1.85. The van der Waals surface area contributed by atoms with Gasteiger partial charge in [-0.1, -0.05) is 0 Å². The van der Waals surface area contributed by atoms with E-state index in [4.69, 9.17) is 9.47 Å². The van der Waals surface area contributed by atoms with Crippen LogP contribution in [0.15, 0.2) is 17.1 Å². The van der Waals surface area contributed by atoms with Crippen molar-refractivity contribution in [3.63, 3.8) is 0 Å². The number of halogens is 1. The molecule has 0 fully saturated rings. The van der Waals surface area contributed by atoms with Gasteiger partial charge in [-0.3, -0.25) is 4.79 Å². The Balaban J connectivity index is 0.00000392. The van der Waals surface area contributed by atoms with E-state index in [1.807, 2.05) is 39.8 Å². The molecular weight excluding hydrogens is 471 g/mol. The molecule has 0 aliphatic carbocycles. The van der Waals surface area contributed by atoms with Gasteiger partial charge in [0.25, 0.3) is 0 Å². The molecule has 1 aliphatic rings. The lowest BCUT2D eigenvalue weighted by molar-refractivity contribution is -0.121. The number of hydrogen-bond donors (Lipinski definition) is 3.